The minimum absolute atomic E-state index is 0.232. The quantitative estimate of drug-likeness (QED) is 0.285. The van der Waals surface area contributed by atoms with Gasteiger partial charge in [-0.05, 0) is 42.7 Å². The monoisotopic (exact) mass is 350 g/mol. The Morgan fingerprint density at radius 3 is 2.46 bits per heavy atom. The summed E-state index contributed by atoms with van der Waals surface area (Å²) in [6, 6.07) is 16.9. The minimum Gasteiger partial charge on any atom is -0.490 e. The number of hydrazone groups is 1. The molecular formula is C22H26N2O2. The van der Waals surface area contributed by atoms with Gasteiger partial charge in [-0.25, -0.2) is 5.43 Å². The molecule has 0 radical (unpaired) electrons. The van der Waals surface area contributed by atoms with Gasteiger partial charge in [0.05, 0.1) is 5.71 Å². The maximum absolute atomic E-state index is 12.4. The first kappa shape index (κ1) is 19.4. The maximum atomic E-state index is 12.4. The summed E-state index contributed by atoms with van der Waals surface area (Å²) < 4.78 is 5.42. The predicted molar refractivity (Wildman–Crippen MR) is 107 cm³/mol. The van der Waals surface area contributed by atoms with Crippen molar-refractivity contribution in [3.63, 3.8) is 0 Å². The molecule has 0 aliphatic heterocycles. The Balaban J connectivity index is 2.04. The lowest BCUT2D eigenvalue weighted by Gasteiger charge is -2.08. The Labute approximate surface area is 155 Å². The smallest absolute Gasteiger partial charge is 0.271 e. The number of nitrogens with one attached hydrogen (secondary N) is 1. The standard InChI is InChI=1S/C22H26N2O2/c1-3-5-7-12-21(18-10-8-6-9-11-18)23-24-22(25)19-13-15-20(16-14-19)26-17-4-2/h4,6,8-11,13-16H,2-3,5,7,12,17H2,1H3,(H,24,25)/b23-21+. The third-order valence-electron chi connectivity index (χ3n) is 3.90. The van der Waals surface area contributed by atoms with Crippen LogP contribution in [-0.4, -0.2) is 18.2 Å². The molecule has 0 bridgehead atoms. The number of ether oxygens (including phenoxy) is 1. The van der Waals surface area contributed by atoms with Crippen LogP contribution >= 0.6 is 0 Å². The summed E-state index contributed by atoms with van der Waals surface area (Å²) >= 11 is 0. The van der Waals surface area contributed by atoms with E-state index in [0.717, 1.165) is 37.0 Å². The molecule has 0 fully saturated rings. The van der Waals surface area contributed by atoms with Crippen molar-refractivity contribution in [2.24, 2.45) is 5.10 Å². The van der Waals surface area contributed by atoms with Gasteiger partial charge < -0.3 is 4.74 Å². The minimum atomic E-state index is -0.232. The van der Waals surface area contributed by atoms with Gasteiger partial charge in [-0.15, -0.1) is 0 Å². The number of carbonyl (C=O) groups excluding carboxylic acids is 1. The van der Waals surface area contributed by atoms with E-state index in [1.807, 2.05) is 30.3 Å². The van der Waals surface area contributed by atoms with Gasteiger partial charge in [0.25, 0.3) is 5.91 Å². The van der Waals surface area contributed by atoms with Crippen molar-refractivity contribution in [3.8, 4) is 5.75 Å². The Hall–Kier alpha value is -2.88. The van der Waals surface area contributed by atoms with Gasteiger partial charge in [-0.1, -0.05) is 62.8 Å². The number of carbonyl (C=O) groups is 1. The summed E-state index contributed by atoms with van der Waals surface area (Å²) in [6.45, 7) is 6.22. The molecule has 26 heavy (non-hydrogen) atoms. The lowest BCUT2D eigenvalue weighted by atomic mass is 10.0. The summed E-state index contributed by atoms with van der Waals surface area (Å²) in [7, 11) is 0. The van der Waals surface area contributed by atoms with Crippen LogP contribution in [0.5, 0.6) is 5.75 Å². The molecule has 0 saturated carbocycles. The highest BCUT2D eigenvalue weighted by atomic mass is 16.5. The highest BCUT2D eigenvalue weighted by molar-refractivity contribution is 6.02. The van der Waals surface area contributed by atoms with Crippen LogP contribution in [0.25, 0.3) is 0 Å². The number of hydrogen-bond donors (Lipinski definition) is 1. The van der Waals surface area contributed by atoms with Gasteiger partial charge in [0, 0.05) is 5.56 Å². The van der Waals surface area contributed by atoms with Crippen LogP contribution in [0.3, 0.4) is 0 Å². The van der Waals surface area contributed by atoms with Gasteiger partial charge in [0.15, 0.2) is 0 Å². The molecule has 2 aromatic carbocycles. The lowest BCUT2D eigenvalue weighted by molar-refractivity contribution is 0.0954. The fourth-order valence-electron chi connectivity index (χ4n) is 2.48. The van der Waals surface area contributed by atoms with E-state index in [4.69, 9.17) is 4.74 Å². The van der Waals surface area contributed by atoms with Gasteiger partial charge in [0.1, 0.15) is 12.4 Å². The molecule has 0 heterocycles. The second-order valence-electron chi connectivity index (χ2n) is 5.95. The second kappa shape index (κ2) is 10.9. The molecule has 4 heteroatoms. The fraction of sp³-hybridized carbons (Fsp3) is 0.273. The van der Waals surface area contributed by atoms with E-state index >= 15 is 0 Å². The van der Waals surface area contributed by atoms with Crippen LogP contribution in [0, 0.1) is 0 Å². The average Bonchev–Trinajstić information content (AvgIpc) is 2.70. The second-order valence-corrected chi connectivity index (χ2v) is 5.95. The summed E-state index contributed by atoms with van der Waals surface area (Å²) in [5.41, 5.74) is 5.16. The van der Waals surface area contributed by atoms with Crippen LogP contribution in [-0.2, 0) is 0 Å². The van der Waals surface area contributed by atoms with Crippen molar-refractivity contribution in [3.05, 3.63) is 78.4 Å². The first-order chi connectivity index (χ1) is 12.7. The van der Waals surface area contributed by atoms with E-state index < -0.39 is 0 Å². The molecular weight excluding hydrogens is 324 g/mol. The molecule has 2 rings (SSSR count). The lowest BCUT2D eigenvalue weighted by Crippen LogP contribution is -2.20. The maximum Gasteiger partial charge on any atom is 0.271 e. The van der Waals surface area contributed by atoms with E-state index in [0.29, 0.717) is 17.9 Å². The molecule has 4 nitrogen and oxygen atoms in total. The van der Waals surface area contributed by atoms with E-state index in [-0.39, 0.29) is 5.91 Å². The van der Waals surface area contributed by atoms with Crippen molar-refractivity contribution in [1.29, 1.82) is 0 Å². The first-order valence-electron chi connectivity index (χ1n) is 9.00. The van der Waals surface area contributed by atoms with Gasteiger partial charge >= 0.3 is 0 Å². The van der Waals surface area contributed by atoms with Gasteiger partial charge in [-0.3, -0.25) is 4.79 Å². The molecule has 0 unspecified atom stereocenters. The predicted octanol–water partition coefficient (Wildman–Crippen LogP) is 4.97. The Morgan fingerprint density at radius 2 is 1.81 bits per heavy atom. The number of hydrogen-bond acceptors (Lipinski definition) is 3. The molecule has 2 aromatic rings. The number of unbranched alkanes of at least 4 members (excludes halogenated alkanes) is 2. The molecule has 0 aliphatic carbocycles. The van der Waals surface area contributed by atoms with Crippen LogP contribution in [0.15, 0.2) is 72.4 Å². The normalized spacial score (nSPS) is 11.0. The van der Waals surface area contributed by atoms with Crippen molar-refractivity contribution in [2.45, 2.75) is 32.6 Å². The molecule has 0 aromatic heterocycles. The SMILES string of the molecule is C=CCOc1ccc(C(=O)N/N=C(\CCCCC)c2ccccc2)cc1. The van der Waals surface area contributed by atoms with Crippen molar-refractivity contribution in [1.82, 2.24) is 5.43 Å². The van der Waals surface area contributed by atoms with Crippen LogP contribution in [0.2, 0.25) is 0 Å². The van der Waals surface area contributed by atoms with E-state index in [1.54, 1.807) is 30.3 Å². The van der Waals surface area contributed by atoms with E-state index in [2.05, 4.69) is 24.0 Å². The molecule has 1 amide bonds. The topological polar surface area (TPSA) is 50.7 Å². The molecule has 1 N–H and O–H groups in total. The van der Waals surface area contributed by atoms with E-state index in [9.17, 15) is 4.79 Å². The average molecular weight is 350 g/mol. The largest absolute Gasteiger partial charge is 0.490 e. The van der Waals surface area contributed by atoms with Crippen LogP contribution in [0.4, 0.5) is 0 Å². The van der Waals surface area contributed by atoms with Crippen molar-refractivity contribution in [2.75, 3.05) is 6.61 Å². The Kier molecular flexibility index (Phi) is 8.13. The highest BCUT2D eigenvalue weighted by Gasteiger charge is 2.07. The third-order valence-corrected chi connectivity index (χ3v) is 3.90. The summed E-state index contributed by atoms with van der Waals surface area (Å²) in [6.07, 6.45) is 5.86. The Morgan fingerprint density at radius 1 is 1.08 bits per heavy atom. The molecule has 0 saturated heterocycles. The summed E-state index contributed by atoms with van der Waals surface area (Å²) in [4.78, 5) is 12.4. The van der Waals surface area contributed by atoms with E-state index in [1.165, 1.54) is 0 Å². The van der Waals surface area contributed by atoms with Crippen molar-refractivity contribution >= 4 is 11.6 Å². The molecule has 136 valence electrons. The molecule has 0 spiro atoms. The zero-order valence-electron chi connectivity index (χ0n) is 15.3. The molecule has 0 aliphatic rings. The summed E-state index contributed by atoms with van der Waals surface area (Å²) in [5.74, 6) is 0.471. The van der Waals surface area contributed by atoms with Crippen LogP contribution < -0.4 is 10.2 Å². The number of nitrogens with zero attached hydrogens (tertiary/aromatic N) is 1. The third kappa shape index (κ3) is 6.20. The fourth-order valence-corrected chi connectivity index (χ4v) is 2.48. The first-order valence-corrected chi connectivity index (χ1v) is 9.00. The summed E-state index contributed by atoms with van der Waals surface area (Å²) in [5, 5.41) is 4.39. The number of amides is 1. The van der Waals surface area contributed by atoms with Crippen LogP contribution in [0.1, 0.15) is 48.5 Å². The zero-order chi connectivity index (χ0) is 18.6. The Bertz CT molecular complexity index is 722. The van der Waals surface area contributed by atoms with Gasteiger partial charge in [0.2, 0.25) is 0 Å². The highest BCUT2D eigenvalue weighted by Crippen LogP contribution is 2.13. The zero-order valence-corrected chi connectivity index (χ0v) is 15.3. The number of rotatable bonds is 10. The number of benzene rings is 2. The molecule has 0 atom stereocenters. The van der Waals surface area contributed by atoms with Gasteiger partial charge in [-0.2, -0.15) is 5.10 Å². The van der Waals surface area contributed by atoms with Crippen molar-refractivity contribution < 1.29 is 9.53 Å².